The lowest BCUT2D eigenvalue weighted by atomic mass is 10.2. The number of benzene rings is 2. The van der Waals surface area contributed by atoms with Crippen molar-refractivity contribution in [2.45, 2.75) is 13.5 Å². The van der Waals surface area contributed by atoms with Crippen molar-refractivity contribution >= 4 is 5.97 Å². The number of rotatable bonds is 7. The Morgan fingerprint density at radius 2 is 1.70 bits per heavy atom. The Balaban J connectivity index is 2.02. The monoisotopic (exact) mass is 316 g/mol. The fourth-order valence-electron chi connectivity index (χ4n) is 2.02. The molecule has 0 unspecified atom stereocenters. The maximum absolute atomic E-state index is 12.1. The van der Waals surface area contributed by atoms with Crippen LogP contribution in [-0.4, -0.2) is 26.8 Å². The summed E-state index contributed by atoms with van der Waals surface area (Å²) in [5, 5.41) is 0. The third kappa shape index (κ3) is 4.39. The van der Waals surface area contributed by atoms with Crippen LogP contribution in [0.4, 0.5) is 0 Å². The zero-order valence-electron chi connectivity index (χ0n) is 13.5. The number of methoxy groups -OCH3 is 2. The molecule has 0 amide bonds. The van der Waals surface area contributed by atoms with Crippen molar-refractivity contribution in [3.05, 3.63) is 53.6 Å². The Labute approximate surface area is 135 Å². The van der Waals surface area contributed by atoms with E-state index in [1.165, 1.54) is 7.11 Å². The zero-order valence-corrected chi connectivity index (χ0v) is 13.5. The van der Waals surface area contributed by atoms with Crippen LogP contribution in [0, 0.1) is 0 Å². The van der Waals surface area contributed by atoms with Gasteiger partial charge in [0, 0.05) is 0 Å². The molecule has 0 N–H and O–H groups in total. The standard InChI is InChI=1S/C18H20O5/c1-4-22-16-10-7-14(11-17(16)21-3)18(19)23-12-13-5-8-15(20-2)9-6-13/h5-11H,4,12H2,1-3H3. The van der Waals surface area contributed by atoms with Crippen molar-refractivity contribution in [3.63, 3.8) is 0 Å². The fraction of sp³-hybridized carbons (Fsp3) is 0.278. The van der Waals surface area contributed by atoms with E-state index in [-0.39, 0.29) is 6.61 Å². The lowest BCUT2D eigenvalue weighted by Crippen LogP contribution is -2.06. The maximum atomic E-state index is 12.1. The van der Waals surface area contributed by atoms with Gasteiger partial charge in [-0.2, -0.15) is 0 Å². The quantitative estimate of drug-likeness (QED) is 0.732. The predicted octanol–water partition coefficient (Wildman–Crippen LogP) is 3.46. The van der Waals surface area contributed by atoms with E-state index in [2.05, 4.69) is 0 Å². The summed E-state index contributed by atoms with van der Waals surface area (Å²) in [6.45, 7) is 2.60. The molecule has 0 saturated heterocycles. The van der Waals surface area contributed by atoms with Crippen molar-refractivity contribution in [3.8, 4) is 17.2 Å². The highest BCUT2D eigenvalue weighted by molar-refractivity contribution is 5.90. The second kappa shape index (κ2) is 8.08. The van der Waals surface area contributed by atoms with E-state index in [4.69, 9.17) is 18.9 Å². The molecule has 2 rings (SSSR count). The van der Waals surface area contributed by atoms with Crippen molar-refractivity contribution in [1.82, 2.24) is 0 Å². The average molecular weight is 316 g/mol. The van der Waals surface area contributed by atoms with Gasteiger partial charge < -0.3 is 18.9 Å². The van der Waals surface area contributed by atoms with E-state index >= 15 is 0 Å². The first-order valence-corrected chi connectivity index (χ1v) is 7.28. The minimum atomic E-state index is -0.415. The highest BCUT2D eigenvalue weighted by atomic mass is 16.5. The maximum Gasteiger partial charge on any atom is 0.338 e. The molecule has 5 nitrogen and oxygen atoms in total. The fourth-order valence-corrected chi connectivity index (χ4v) is 2.02. The second-order valence-corrected chi connectivity index (χ2v) is 4.72. The highest BCUT2D eigenvalue weighted by Gasteiger charge is 2.12. The number of carbonyl (C=O) groups is 1. The van der Waals surface area contributed by atoms with Gasteiger partial charge >= 0.3 is 5.97 Å². The highest BCUT2D eigenvalue weighted by Crippen LogP contribution is 2.28. The largest absolute Gasteiger partial charge is 0.497 e. The van der Waals surface area contributed by atoms with Crippen LogP contribution in [0.3, 0.4) is 0 Å². The smallest absolute Gasteiger partial charge is 0.338 e. The molecule has 0 atom stereocenters. The van der Waals surface area contributed by atoms with Crippen molar-refractivity contribution in [2.24, 2.45) is 0 Å². The van der Waals surface area contributed by atoms with E-state index in [0.717, 1.165) is 11.3 Å². The summed E-state index contributed by atoms with van der Waals surface area (Å²) in [5.41, 5.74) is 1.30. The zero-order chi connectivity index (χ0) is 16.7. The van der Waals surface area contributed by atoms with Crippen LogP contribution in [-0.2, 0) is 11.3 Å². The molecular formula is C18H20O5. The number of hydrogen-bond donors (Lipinski definition) is 0. The molecule has 0 fully saturated rings. The molecule has 0 aromatic heterocycles. The molecule has 2 aromatic carbocycles. The summed E-state index contributed by atoms with van der Waals surface area (Å²) < 4.78 is 21.1. The molecule has 0 spiro atoms. The lowest BCUT2D eigenvalue weighted by Gasteiger charge is -2.11. The van der Waals surface area contributed by atoms with E-state index in [0.29, 0.717) is 23.7 Å². The predicted molar refractivity (Wildman–Crippen MR) is 86.3 cm³/mol. The molecular weight excluding hydrogens is 296 g/mol. The van der Waals surface area contributed by atoms with Crippen LogP contribution in [0.25, 0.3) is 0 Å². The van der Waals surface area contributed by atoms with E-state index in [9.17, 15) is 4.79 Å². The molecule has 5 heteroatoms. The first kappa shape index (κ1) is 16.7. The molecule has 0 heterocycles. The molecule has 0 aliphatic heterocycles. The third-order valence-corrected chi connectivity index (χ3v) is 3.23. The molecule has 0 saturated carbocycles. The molecule has 122 valence electrons. The lowest BCUT2D eigenvalue weighted by molar-refractivity contribution is 0.0472. The Kier molecular flexibility index (Phi) is 5.86. The van der Waals surface area contributed by atoms with Crippen LogP contribution in [0.15, 0.2) is 42.5 Å². The van der Waals surface area contributed by atoms with E-state index in [1.54, 1.807) is 25.3 Å². The van der Waals surface area contributed by atoms with Gasteiger partial charge in [-0.05, 0) is 42.8 Å². The summed E-state index contributed by atoms with van der Waals surface area (Å²) in [4.78, 5) is 12.1. The minimum absolute atomic E-state index is 0.193. The molecule has 0 bridgehead atoms. The molecule has 23 heavy (non-hydrogen) atoms. The molecule has 0 aliphatic carbocycles. The van der Waals surface area contributed by atoms with Gasteiger partial charge in [-0.15, -0.1) is 0 Å². The van der Waals surface area contributed by atoms with Crippen LogP contribution in [0.5, 0.6) is 17.2 Å². The molecule has 0 radical (unpaired) electrons. The summed E-state index contributed by atoms with van der Waals surface area (Å²) >= 11 is 0. The van der Waals surface area contributed by atoms with E-state index in [1.807, 2.05) is 31.2 Å². The summed E-state index contributed by atoms with van der Waals surface area (Å²) in [7, 11) is 3.14. The Morgan fingerprint density at radius 3 is 2.30 bits per heavy atom. The van der Waals surface area contributed by atoms with Gasteiger partial charge in [0.05, 0.1) is 26.4 Å². The minimum Gasteiger partial charge on any atom is -0.497 e. The van der Waals surface area contributed by atoms with Crippen LogP contribution >= 0.6 is 0 Å². The average Bonchev–Trinajstić information content (AvgIpc) is 2.60. The van der Waals surface area contributed by atoms with Gasteiger partial charge in [0.25, 0.3) is 0 Å². The van der Waals surface area contributed by atoms with Gasteiger partial charge in [-0.1, -0.05) is 12.1 Å². The Bertz CT molecular complexity index is 649. The topological polar surface area (TPSA) is 54.0 Å². The van der Waals surface area contributed by atoms with Crippen LogP contribution < -0.4 is 14.2 Å². The molecule has 0 aliphatic rings. The van der Waals surface area contributed by atoms with Gasteiger partial charge in [0.15, 0.2) is 11.5 Å². The Morgan fingerprint density at radius 1 is 0.957 bits per heavy atom. The van der Waals surface area contributed by atoms with Crippen molar-refractivity contribution in [1.29, 1.82) is 0 Å². The second-order valence-electron chi connectivity index (χ2n) is 4.72. The van der Waals surface area contributed by atoms with E-state index < -0.39 is 5.97 Å². The number of carbonyl (C=O) groups excluding carboxylic acids is 1. The Hall–Kier alpha value is -2.69. The van der Waals surface area contributed by atoms with Crippen molar-refractivity contribution < 1.29 is 23.7 Å². The number of ether oxygens (including phenoxy) is 4. The number of hydrogen-bond acceptors (Lipinski definition) is 5. The van der Waals surface area contributed by atoms with Gasteiger partial charge in [0.1, 0.15) is 12.4 Å². The summed E-state index contributed by atoms with van der Waals surface area (Å²) in [5.74, 6) is 1.45. The normalized spacial score (nSPS) is 10.0. The first-order chi connectivity index (χ1) is 11.2. The van der Waals surface area contributed by atoms with Crippen LogP contribution in [0.2, 0.25) is 0 Å². The van der Waals surface area contributed by atoms with Gasteiger partial charge in [-0.3, -0.25) is 0 Å². The van der Waals surface area contributed by atoms with Crippen molar-refractivity contribution in [2.75, 3.05) is 20.8 Å². The first-order valence-electron chi connectivity index (χ1n) is 7.28. The third-order valence-electron chi connectivity index (χ3n) is 3.23. The van der Waals surface area contributed by atoms with Gasteiger partial charge in [-0.25, -0.2) is 4.79 Å². The van der Waals surface area contributed by atoms with Gasteiger partial charge in [0.2, 0.25) is 0 Å². The molecule has 2 aromatic rings. The number of esters is 1. The summed E-state index contributed by atoms with van der Waals surface area (Å²) in [6.07, 6.45) is 0. The van der Waals surface area contributed by atoms with Crippen LogP contribution in [0.1, 0.15) is 22.8 Å². The summed E-state index contributed by atoms with van der Waals surface area (Å²) in [6, 6.07) is 12.3. The SMILES string of the molecule is CCOc1ccc(C(=O)OCc2ccc(OC)cc2)cc1OC.